The van der Waals surface area contributed by atoms with Gasteiger partial charge in [0.05, 0.1) is 23.9 Å². The zero-order chi connectivity index (χ0) is 20.2. The molecular formula is C22H25N5O2. The maximum atomic E-state index is 12.7. The number of nitriles is 1. The standard InChI is InChI=1S/C22H25N5O2/c23-11-17-5-6-20(24-12-17)14-26-9-10-27(22(26)29)16-21(28)15-25-8-7-18-3-1-2-4-19(18)13-25/h1-6,12,21,28H,7-10,13-16H2. The second-order valence-electron chi connectivity index (χ2n) is 7.71. The third kappa shape index (κ3) is 4.56. The Morgan fingerprint density at radius 3 is 2.62 bits per heavy atom. The van der Waals surface area contributed by atoms with Crippen LogP contribution >= 0.6 is 0 Å². The summed E-state index contributed by atoms with van der Waals surface area (Å²) in [7, 11) is 0. The van der Waals surface area contributed by atoms with E-state index >= 15 is 0 Å². The highest BCUT2D eigenvalue weighted by atomic mass is 16.3. The number of rotatable bonds is 6. The monoisotopic (exact) mass is 391 g/mol. The van der Waals surface area contributed by atoms with Gasteiger partial charge in [-0.25, -0.2) is 4.79 Å². The number of fused-ring (bicyclic) bond motifs is 1. The summed E-state index contributed by atoms with van der Waals surface area (Å²) >= 11 is 0. The first-order valence-corrected chi connectivity index (χ1v) is 9.98. The summed E-state index contributed by atoms with van der Waals surface area (Å²) in [5, 5.41) is 19.4. The van der Waals surface area contributed by atoms with Crippen molar-refractivity contribution in [2.75, 3.05) is 32.7 Å². The lowest BCUT2D eigenvalue weighted by molar-refractivity contribution is 0.0812. The second kappa shape index (κ2) is 8.60. The first kappa shape index (κ1) is 19.4. The number of benzene rings is 1. The molecule has 0 bridgehead atoms. The highest BCUT2D eigenvalue weighted by Crippen LogP contribution is 2.19. The molecule has 1 aromatic carbocycles. The van der Waals surface area contributed by atoms with Crippen LogP contribution in [0.2, 0.25) is 0 Å². The number of aliphatic hydroxyl groups excluding tert-OH is 1. The molecule has 1 N–H and O–H groups in total. The zero-order valence-corrected chi connectivity index (χ0v) is 16.4. The van der Waals surface area contributed by atoms with E-state index in [9.17, 15) is 9.90 Å². The van der Waals surface area contributed by atoms with Gasteiger partial charge in [0.25, 0.3) is 0 Å². The van der Waals surface area contributed by atoms with E-state index in [2.05, 4.69) is 34.1 Å². The van der Waals surface area contributed by atoms with Gasteiger partial charge in [-0.2, -0.15) is 5.26 Å². The normalized spacial score (nSPS) is 17.9. The van der Waals surface area contributed by atoms with Gasteiger partial charge in [0, 0.05) is 45.5 Å². The molecule has 2 aromatic rings. The fourth-order valence-electron chi connectivity index (χ4n) is 4.05. The van der Waals surface area contributed by atoms with Gasteiger partial charge in [0.2, 0.25) is 0 Å². The van der Waals surface area contributed by atoms with E-state index in [1.54, 1.807) is 21.9 Å². The molecule has 29 heavy (non-hydrogen) atoms. The molecular weight excluding hydrogens is 366 g/mol. The van der Waals surface area contributed by atoms with Crippen LogP contribution in [0.15, 0.2) is 42.6 Å². The maximum absolute atomic E-state index is 12.7. The quantitative estimate of drug-likeness (QED) is 0.809. The van der Waals surface area contributed by atoms with Crippen LogP contribution in [0.4, 0.5) is 4.79 Å². The Labute approximate surface area is 170 Å². The maximum Gasteiger partial charge on any atom is 0.320 e. The number of carbonyl (C=O) groups is 1. The van der Waals surface area contributed by atoms with Crippen LogP contribution in [0.1, 0.15) is 22.4 Å². The number of amides is 2. The summed E-state index contributed by atoms with van der Waals surface area (Å²) in [6.45, 7) is 4.32. The van der Waals surface area contributed by atoms with Crippen LogP contribution in [-0.2, 0) is 19.5 Å². The highest BCUT2D eigenvalue weighted by molar-refractivity contribution is 5.76. The Morgan fingerprint density at radius 1 is 1.07 bits per heavy atom. The third-order valence-corrected chi connectivity index (χ3v) is 5.60. The smallest absolute Gasteiger partial charge is 0.320 e. The number of hydrogen-bond donors (Lipinski definition) is 1. The Kier molecular flexibility index (Phi) is 5.74. The van der Waals surface area contributed by atoms with E-state index in [0.717, 1.165) is 25.2 Å². The molecule has 1 aromatic heterocycles. The van der Waals surface area contributed by atoms with Crippen LogP contribution in [-0.4, -0.2) is 69.6 Å². The molecule has 2 aliphatic heterocycles. The molecule has 7 nitrogen and oxygen atoms in total. The number of nitrogens with zero attached hydrogens (tertiary/aromatic N) is 5. The van der Waals surface area contributed by atoms with E-state index in [-0.39, 0.29) is 6.03 Å². The minimum absolute atomic E-state index is 0.0702. The molecule has 1 unspecified atom stereocenters. The van der Waals surface area contributed by atoms with Gasteiger partial charge >= 0.3 is 6.03 Å². The van der Waals surface area contributed by atoms with Gasteiger partial charge in [-0.15, -0.1) is 0 Å². The Balaban J connectivity index is 1.27. The summed E-state index contributed by atoms with van der Waals surface area (Å²) in [6.07, 6.45) is 1.95. The van der Waals surface area contributed by atoms with Gasteiger partial charge < -0.3 is 14.9 Å². The minimum Gasteiger partial charge on any atom is -0.390 e. The van der Waals surface area contributed by atoms with Gasteiger partial charge in [-0.1, -0.05) is 24.3 Å². The zero-order valence-electron chi connectivity index (χ0n) is 16.4. The molecule has 1 fully saturated rings. The van der Waals surface area contributed by atoms with Gasteiger partial charge in [-0.05, 0) is 29.7 Å². The lowest BCUT2D eigenvalue weighted by Gasteiger charge is -2.31. The molecule has 0 saturated carbocycles. The predicted octanol–water partition coefficient (Wildman–Crippen LogP) is 1.61. The lowest BCUT2D eigenvalue weighted by atomic mass is 10.00. The first-order valence-electron chi connectivity index (χ1n) is 9.98. The van der Waals surface area contributed by atoms with Gasteiger partial charge in [0.15, 0.2) is 0 Å². The summed E-state index contributed by atoms with van der Waals surface area (Å²) in [6, 6.07) is 13.9. The van der Waals surface area contributed by atoms with Crippen molar-refractivity contribution in [1.82, 2.24) is 19.7 Å². The van der Waals surface area contributed by atoms with Crippen LogP contribution in [0.3, 0.4) is 0 Å². The SMILES string of the molecule is N#Cc1ccc(CN2CCN(CC(O)CN3CCc4ccccc4C3)C2=O)nc1. The minimum atomic E-state index is -0.572. The molecule has 150 valence electrons. The number of aromatic nitrogens is 1. The molecule has 3 heterocycles. The van der Waals surface area contributed by atoms with Crippen LogP contribution in [0.25, 0.3) is 0 Å². The van der Waals surface area contributed by atoms with Crippen molar-refractivity contribution in [3.8, 4) is 6.07 Å². The molecule has 0 radical (unpaired) electrons. The molecule has 4 rings (SSSR count). The number of hydrogen-bond acceptors (Lipinski definition) is 5. The summed E-state index contributed by atoms with van der Waals surface area (Å²) < 4.78 is 0. The summed E-state index contributed by atoms with van der Waals surface area (Å²) in [5.74, 6) is 0. The van der Waals surface area contributed by atoms with Gasteiger partial charge in [-0.3, -0.25) is 9.88 Å². The average Bonchev–Trinajstić information content (AvgIpc) is 3.07. The van der Waals surface area contributed by atoms with Crippen LogP contribution in [0.5, 0.6) is 0 Å². The molecule has 0 spiro atoms. The second-order valence-corrected chi connectivity index (χ2v) is 7.71. The van der Waals surface area contributed by atoms with Crippen molar-refractivity contribution in [2.24, 2.45) is 0 Å². The topological polar surface area (TPSA) is 83.7 Å². The summed E-state index contributed by atoms with van der Waals surface area (Å²) in [4.78, 5) is 22.6. The van der Waals surface area contributed by atoms with Crippen molar-refractivity contribution >= 4 is 6.03 Å². The number of carbonyl (C=O) groups excluding carboxylic acids is 1. The molecule has 0 aliphatic carbocycles. The molecule has 7 heteroatoms. The molecule has 2 aliphatic rings. The van der Waals surface area contributed by atoms with Crippen molar-refractivity contribution < 1.29 is 9.90 Å². The lowest BCUT2D eigenvalue weighted by Crippen LogP contribution is -2.43. The van der Waals surface area contributed by atoms with E-state index in [1.807, 2.05) is 6.07 Å². The van der Waals surface area contributed by atoms with E-state index in [1.165, 1.54) is 17.3 Å². The fourth-order valence-corrected chi connectivity index (χ4v) is 4.05. The number of urea groups is 1. The molecule has 1 atom stereocenters. The summed E-state index contributed by atoms with van der Waals surface area (Å²) in [5.41, 5.74) is 3.97. The fraction of sp³-hybridized carbons (Fsp3) is 0.409. The Morgan fingerprint density at radius 2 is 1.86 bits per heavy atom. The van der Waals surface area contributed by atoms with Crippen molar-refractivity contribution in [2.45, 2.75) is 25.6 Å². The highest BCUT2D eigenvalue weighted by Gasteiger charge is 2.30. The largest absolute Gasteiger partial charge is 0.390 e. The molecule has 1 saturated heterocycles. The average molecular weight is 391 g/mol. The number of aliphatic hydroxyl groups is 1. The number of pyridine rings is 1. The van der Waals surface area contributed by atoms with E-state index in [4.69, 9.17) is 5.26 Å². The third-order valence-electron chi connectivity index (χ3n) is 5.60. The van der Waals surface area contributed by atoms with Crippen LogP contribution in [0, 0.1) is 11.3 Å². The Bertz CT molecular complexity index is 908. The van der Waals surface area contributed by atoms with E-state index in [0.29, 0.717) is 38.3 Å². The van der Waals surface area contributed by atoms with E-state index < -0.39 is 6.10 Å². The van der Waals surface area contributed by atoms with Crippen molar-refractivity contribution in [3.05, 3.63) is 65.0 Å². The van der Waals surface area contributed by atoms with Crippen molar-refractivity contribution in [1.29, 1.82) is 5.26 Å². The van der Waals surface area contributed by atoms with Crippen LogP contribution < -0.4 is 0 Å². The predicted molar refractivity (Wildman–Crippen MR) is 108 cm³/mol. The van der Waals surface area contributed by atoms with Crippen molar-refractivity contribution in [3.63, 3.8) is 0 Å². The number of β-amino-alcohol motifs (C(OH)–C–C–N with tert-alkyl or cyclic N) is 1. The Hall–Kier alpha value is -2.95. The van der Waals surface area contributed by atoms with Gasteiger partial charge in [0.1, 0.15) is 6.07 Å². The molecule has 2 amide bonds. The first-order chi connectivity index (χ1) is 14.1.